The predicted octanol–water partition coefficient (Wildman–Crippen LogP) is 5.47. The zero-order valence-electron chi connectivity index (χ0n) is 18.5. The van der Waals surface area contributed by atoms with Crippen molar-refractivity contribution in [2.75, 3.05) is 43.6 Å². The van der Waals surface area contributed by atoms with Gasteiger partial charge in [-0.3, -0.25) is 4.79 Å². The summed E-state index contributed by atoms with van der Waals surface area (Å²) in [6, 6.07) is 4.05. The van der Waals surface area contributed by atoms with E-state index in [4.69, 9.17) is 14.5 Å². The monoisotopic (exact) mass is 433 g/mol. The molecule has 3 rings (SSSR count). The van der Waals surface area contributed by atoms with E-state index in [1.54, 1.807) is 7.11 Å². The van der Waals surface area contributed by atoms with Crippen LogP contribution < -0.4 is 15.0 Å². The van der Waals surface area contributed by atoms with E-state index in [1.165, 1.54) is 37.0 Å². The highest BCUT2D eigenvalue weighted by molar-refractivity contribution is 7.23. The first-order valence-electron chi connectivity index (χ1n) is 11.3. The molecule has 6 nitrogen and oxygen atoms in total. The molecule has 1 aliphatic rings. The molecule has 0 bridgehead atoms. The fourth-order valence-electron chi connectivity index (χ4n) is 3.96. The Hall–Kier alpha value is -1.86. The number of carbonyl (C=O) groups is 1. The van der Waals surface area contributed by atoms with Gasteiger partial charge in [0.05, 0.1) is 30.7 Å². The third-order valence-electron chi connectivity index (χ3n) is 5.81. The number of rotatable bonds is 11. The molecule has 0 spiro atoms. The number of thiazole rings is 1. The van der Waals surface area contributed by atoms with Gasteiger partial charge in [-0.1, -0.05) is 57.3 Å². The minimum atomic E-state index is 0.0410. The van der Waals surface area contributed by atoms with Crippen molar-refractivity contribution >= 4 is 38.3 Å². The molecule has 1 unspecified atom stereocenters. The highest BCUT2D eigenvalue weighted by atomic mass is 32.1. The lowest BCUT2D eigenvalue weighted by atomic mass is 9.97. The van der Waals surface area contributed by atoms with Gasteiger partial charge in [-0.15, -0.1) is 0 Å². The van der Waals surface area contributed by atoms with Gasteiger partial charge < -0.3 is 19.7 Å². The molecule has 1 fully saturated rings. The average molecular weight is 434 g/mol. The molecule has 0 aliphatic carbocycles. The lowest BCUT2D eigenvalue weighted by Crippen LogP contribution is -2.36. The lowest BCUT2D eigenvalue weighted by molar-refractivity contribution is -0.120. The summed E-state index contributed by atoms with van der Waals surface area (Å²) in [5.74, 6) is 0.861. The summed E-state index contributed by atoms with van der Waals surface area (Å²) in [7, 11) is 1.66. The van der Waals surface area contributed by atoms with Crippen LogP contribution in [0.5, 0.6) is 5.75 Å². The number of benzene rings is 1. The van der Waals surface area contributed by atoms with E-state index in [1.807, 2.05) is 6.07 Å². The molecule has 1 aliphatic heterocycles. The predicted molar refractivity (Wildman–Crippen MR) is 125 cm³/mol. The Labute approximate surface area is 184 Å². The average Bonchev–Trinajstić information content (AvgIpc) is 3.19. The number of unbranched alkanes of at least 4 members (excludes halogenated alkanes) is 4. The molecule has 2 heterocycles. The minimum absolute atomic E-state index is 0.0410. The van der Waals surface area contributed by atoms with Gasteiger partial charge in [-0.25, -0.2) is 4.98 Å². The van der Waals surface area contributed by atoms with Gasteiger partial charge in [-0.05, 0) is 25.0 Å². The van der Waals surface area contributed by atoms with Gasteiger partial charge in [0.15, 0.2) is 5.13 Å². The topological polar surface area (TPSA) is 63.7 Å². The molecule has 1 amide bonds. The van der Waals surface area contributed by atoms with E-state index >= 15 is 0 Å². The van der Waals surface area contributed by atoms with Crippen LogP contribution in [0.25, 0.3) is 10.2 Å². The van der Waals surface area contributed by atoms with Crippen molar-refractivity contribution in [2.24, 2.45) is 5.92 Å². The summed E-state index contributed by atoms with van der Waals surface area (Å²) < 4.78 is 12.1. The van der Waals surface area contributed by atoms with Crippen molar-refractivity contribution in [3.8, 4) is 5.75 Å². The van der Waals surface area contributed by atoms with Crippen molar-refractivity contribution < 1.29 is 14.3 Å². The van der Waals surface area contributed by atoms with Crippen LogP contribution in [-0.2, 0) is 9.53 Å². The summed E-state index contributed by atoms with van der Waals surface area (Å²) in [5, 5.41) is 3.74. The Morgan fingerprint density at radius 2 is 2.00 bits per heavy atom. The number of amides is 1. The van der Waals surface area contributed by atoms with Gasteiger partial charge in [0.2, 0.25) is 5.91 Å². The van der Waals surface area contributed by atoms with Crippen LogP contribution >= 0.6 is 11.3 Å². The Morgan fingerprint density at radius 3 is 2.70 bits per heavy atom. The zero-order valence-corrected chi connectivity index (χ0v) is 19.4. The second-order valence-corrected chi connectivity index (χ2v) is 8.88. The van der Waals surface area contributed by atoms with E-state index in [0.29, 0.717) is 5.13 Å². The number of nitrogens with one attached hydrogen (secondary N) is 1. The maximum absolute atomic E-state index is 12.9. The number of morpholine rings is 1. The van der Waals surface area contributed by atoms with Crippen molar-refractivity contribution in [1.29, 1.82) is 0 Å². The Morgan fingerprint density at radius 1 is 1.23 bits per heavy atom. The van der Waals surface area contributed by atoms with Gasteiger partial charge in [0.25, 0.3) is 0 Å². The fraction of sp³-hybridized carbons (Fsp3) is 0.652. The van der Waals surface area contributed by atoms with Crippen LogP contribution in [0, 0.1) is 5.92 Å². The first-order chi connectivity index (χ1) is 14.7. The van der Waals surface area contributed by atoms with Crippen LogP contribution in [0.3, 0.4) is 0 Å². The van der Waals surface area contributed by atoms with Crippen molar-refractivity contribution in [3.05, 3.63) is 12.1 Å². The second kappa shape index (κ2) is 11.5. The number of anilines is 2. The molecule has 0 saturated carbocycles. The smallest absolute Gasteiger partial charge is 0.229 e. The first-order valence-corrected chi connectivity index (χ1v) is 12.1. The number of methoxy groups -OCH3 is 1. The van der Waals surface area contributed by atoms with E-state index in [2.05, 4.69) is 30.1 Å². The van der Waals surface area contributed by atoms with Crippen LogP contribution in [0.15, 0.2) is 12.1 Å². The van der Waals surface area contributed by atoms with Crippen LogP contribution in [0.1, 0.15) is 58.8 Å². The number of hydrogen-bond donors (Lipinski definition) is 1. The number of aromatic nitrogens is 1. The summed E-state index contributed by atoms with van der Waals surface area (Å²) in [5.41, 5.74) is 1.95. The maximum atomic E-state index is 12.9. The molecular formula is C23H35N3O3S. The summed E-state index contributed by atoms with van der Waals surface area (Å²) >= 11 is 1.53. The molecule has 1 aromatic carbocycles. The summed E-state index contributed by atoms with van der Waals surface area (Å²) in [4.78, 5) is 19.9. The fourth-order valence-corrected chi connectivity index (χ4v) is 4.99. The molecular weight excluding hydrogens is 398 g/mol. The zero-order chi connectivity index (χ0) is 21.3. The molecule has 30 heavy (non-hydrogen) atoms. The van der Waals surface area contributed by atoms with Crippen LogP contribution in [0.4, 0.5) is 10.8 Å². The lowest BCUT2D eigenvalue weighted by Gasteiger charge is -2.29. The van der Waals surface area contributed by atoms with Crippen molar-refractivity contribution in [1.82, 2.24) is 4.98 Å². The number of fused-ring (bicyclic) bond motifs is 1. The van der Waals surface area contributed by atoms with Gasteiger partial charge in [0, 0.05) is 19.0 Å². The first kappa shape index (κ1) is 22.8. The number of hydrogen-bond acceptors (Lipinski definition) is 6. The quantitative estimate of drug-likeness (QED) is 0.476. The Kier molecular flexibility index (Phi) is 8.75. The number of ether oxygens (including phenoxy) is 2. The van der Waals surface area contributed by atoms with Crippen molar-refractivity contribution in [2.45, 2.75) is 58.8 Å². The third-order valence-corrected chi connectivity index (χ3v) is 6.80. The molecule has 1 aromatic heterocycles. The molecule has 0 radical (unpaired) electrons. The van der Waals surface area contributed by atoms with Gasteiger partial charge in [-0.2, -0.15) is 0 Å². The highest BCUT2D eigenvalue weighted by Crippen LogP contribution is 2.39. The van der Waals surface area contributed by atoms with E-state index < -0.39 is 0 Å². The maximum Gasteiger partial charge on any atom is 0.229 e. The van der Waals surface area contributed by atoms with Gasteiger partial charge >= 0.3 is 0 Å². The summed E-state index contributed by atoms with van der Waals surface area (Å²) in [6.45, 7) is 7.49. The van der Waals surface area contributed by atoms with Crippen LogP contribution in [0.2, 0.25) is 0 Å². The molecule has 1 N–H and O–H groups in total. The third kappa shape index (κ3) is 5.64. The Balaban J connectivity index is 1.72. The molecule has 1 saturated heterocycles. The molecule has 166 valence electrons. The molecule has 2 aromatic rings. The molecule has 7 heteroatoms. The standard InChI is InChI=1S/C23H35N3O3S/c1-4-6-7-8-9-10-17(5-2)22(27)25-23-24-20-19(28-3)12-11-18(21(20)30-23)26-13-15-29-16-14-26/h11-12,17H,4-10,13-16H2,1-3H3,(H,24,25,27). The normalized spacial score (nSPS) is 15.4. The highest BCUT2D eigenvalue weighted by Gasteiger charge is 2.22. The van der Waals surface area contributed by atoms with Crippen LogP contribution in [-0.4, -0.2) is 44.3 Å². The van der Waals surface area contributed by atoms with Crippen molar-refractivity contribution in [3.63, 3.8) is 0 Å². The molecule has 1 atom stereocenters. The van der Waals surface area contributed by atoms with E-state index in [0.717, 1.165) is 67.2 Å². The second-order valence-electron chi connectivity index (χ2n) is 7.88. The Bertz CT molecular complexity index is 817. The number of nitrogens with zero attached hydrogens (tertiary/aromatic N) is 2. The largest absolute Gasteiger partial charge is 0.494 e. The van der Waals surface area contributed by atoms with Gasteiger partial charge in [0.1, 0.15) is 11.3 Å². The number of carbonyl (C=O) groups excluding carboxylic acids is 1. The minimum Gasteiger partial charge on any atom is -0.494 e. The summed E-state index contributed by atoms with van der Waals surface area (Å²) in [6.07, 6.45) is 7.90. The van der Waals surface area contributed by atoms with E-state index in [9.17, 15) is 4.79 Å². The van der Waals surface area contributed by atoms with E-state index in [-0.39, 0.29) is 11.8 Å². The SMILES string of the molecule is CCCCCCCC(CC)C(=O)Nc1nc2c(OC)ccc(N3CCOCC3)c2s1.